The van der Waals surface area contributed by atoms with Crippen molar-refractivity contribution in [3.63, 3.8) is 0 Å². The van der Waals surface area contributed by atoms with Crippen molar-refractivity contribution in [1.82, 2.24) is 5.32 Å². The zero-order valence-corrected chi connectivity index (χ0v) is 14.3. The van der Waals surface area contributed by atoms with E-state index in [2.05, 4.69) is 12.2 Å². The van der Waals surface area contributed by atoms with Crippen LogP contribution in [0.1, 0.15) is 46.1 Å². The normalized spacial score (nSPS) is 10.5. The maximum Gasteiger partial charge on any atom is 0.261 e. The van der Waals surface area contributed by atoms with Crippen molar-refractivity contribution < 1.29 is 9.53 Å². The Balaban J connectivity index is 1.93. The number of hydrogen-bond donors (Lipinski definition) is 1. The zero-order valence-electron chi connectivity index (χ0n) is 13.4. The van der Waals surface area contributed by atoms with Crippen molar-refractivity contribution in [2.75, 3.05) is 6.54 Å². The molecule has 118 valence electrons. The fraction of sp³-hybridized carbons (Fsp3) is 0.389. The Morgan fingerprint density at radius 3 is 2.68 bits per heavy atom. The summed E-state index contributed by atoms with van der Waals surface area (Å²) in [4.78, 5) is 12.7. The van der Waals surface area contributed by atoms with Gasteiger partial charge in [-0.15, -0.1) is 11.3 Å². The molecule has 0 bridgehead atoms. The summed E-state index contributed by atoms with van der Waals surface area (Å²) in [5.74, 6) is 0.944. The van der Waals surface area contributed by atoms with Crippen LogP contribution in [0.15, 0.2) is 29.6 Å². The van der Waals surface area contributed by atoms with Gasteiger partial charge >= 0.3 is 0 Å². The van der Waals surface area contributed by atoms with E-state index in [-0.39, 0.29) is 5.91 Å². The second-order valence-corrected chi connectivity index (χ2v) is 6.35. The molecule has 2 rings (SSSR count). The van der Waals surface area contributed by atoms with E-state index < -0.39 is 0 Å². The first-order valence-corrected chi connectivity index (χ1v) is 8.54. The number of thiophene rings is 1. The molecule has 0 spiro atoms. The molecule has 0 aliphatic rings. The standard InChI is InChI=1S/C18H23NO2S/c1-4-5-9-19-18(20)16-10-15(12-22-16)11-21-17-13(2)7-6-8-14(17)3/h6-8,10,12H,4-5,9,11H2,1-3H3,(H,19,20). The van der Waals surface area contributed by atoms with Crippen LogP contribution in [-0.4, -0.2) is 12.5 Å². The van der Waals surface area contributed by atoms with Crippen molar-refractivity contribution in [3.05, 3.63) is 51.2 Å². The summed E-state index contributed by atoms with van der Waals surface area (Å²) < 4.78 is 5.92. The third-order valence-corrected chi connectivity index (χ3v) is 4.46. The highest BCUT2D eigenvalue weighted by Crippen LogP contribution is 2.24. The summed E-state index contributed by atoms with van der Waals surface area (Å²) >= 11 is 1.47. The van der Waals surface area contributed by atoms with Crippen molar-refractivity contribution in [3.8, 4) is 5.75 Å². The monoisotopic (exact) mass is 317 g/mol. The van der Waals surface area contributed by atoms with Gasteiger partial charge < -0.3 is 10.1 Å². The Bertz CT molecular complexity index is 614. The van der Waals surface area contributed by atoms with E-state index in [0.717, 1.165) is 46.7 Å². The van der Waals surface area contributed by atoms with E-state index in [1.54, 1.807) is 0 Å². The van der Waals surface area contributed by atoms with E-state index in [4.69, 9.17) is 4.74 Å². The van der Waals surface area contributed by atoms with Gasteiger partial charge in [-0.05, 0) is 42.8 Å². The molecule has 22 heavy (non-hydrogen) atoms. The van der Waals surface area contributed by atoms with Gasteiger partial charge in [0.2, 0.25) is 0 Å². The highest BCUT2D eigenvalue weighted by Gasteiger charge is 2.10. The Morgan fingerprint density at radius 2 is 2.00 bits per heavy atom. The van der Waals surface area contributed by atoms with Gasteiger partial charge in [0.05, 0.1) is 4.88 Å². The van der Waals surface area contributed by atoms with Gasteiger partial charge in [-0.25, -0.2) is 0 Å². The smallest absolute Gasteiger partial charge is 0.261 e. The van der Waals surface area contributed by atoms with Crippen molar-refractivity contribution in [2.24, 2.45) is 0 Å². The van der Waals surface area contributed by atoms with Crippen LogP contribution < -0.4 is 10.1 Å². The quantitative estimate of drug-likeness (QED) is 0.765. The third-order valence-electron chi connectivity index (χ3n) is 3.49. The van der Waals surface area contributed by atoms with Crippen molar-refractivity contribution >= 4 is 17.2 Å². The number of rotatable bonds is 7. The van der Waals surface area contributed by atoms with Gasteiger partial charge in [0.25, 0.3) is 5.91 Å². The lowest BCUT2D eigenvalue weighted by atomic mass is 10.1. The van der Waals surface area contributed by atoms with E-state index in [0.29, 0.717) is 6.61 Å². The van der Waals surface area contributed by atoms with Crippen LogP contribution in [0.3, 0.4) is 0 Å². The summed E-state index contributed by atoms with van der Waals surface area (Å²) in [6.45, 7) is 7.43. The molecule has 0 aliphatic carbocycles. The van der Waals surface area contributed by atoms with E-state index in [1.165, 1.54) is 11.3 Å². The SMILES string of the molecule is CCCCNC(=O)c1cc(COc2c(C)cccc2C)cs1. The minimum Gasteiger partial charge on any atom is -0.488 e. The molecule has 1 N–H and O–H groups in total. The molecule has 0 saturated heterocycles. The number of unbranched alkanes of at least 4 members (excludes halogenated alkanes) is 1. The lowest BCUT2D eigenvalue weighted by Crippen LogP contribution is -2.23. The highest BCUT2D eigenvalue weighted by molar-refractivity contribution is 7.12. The number of hydrogen-bond acceptors (Lipinski definition) is 3. The molecule has 0 saturated carbocycles. The van der Waals surface area contributed by atoms with Crippen LogP contribution >= 0.6 is 11.3 Å². The lowest BCUT2D eigenvalue weighted by molar-refractivity contribution is 0.0957. The summed E-state index contributed by atoms with van der Waals surface area (Å²) in [7, 11) is 0. The molecular weight excluding hydrogens is 294 g/mol. The third kappa shape index (κ3) is 4.34. The van der Waals surface area contributed by atoms with Crippen LogP contribution in [0.5, 0.6) is 5.75 Å². The summed E-state index contributed by atoms with van der Waals surface area (Å²) in [5, 5.41) is 4.92. The number of benzene rings is 1. The number of para-hydroxylation sites is 1. The number of aryl methyl sites for hydroxylation is 2. The minimum atomic E-state index is 0.0109. The maximum absolute atomic E-state index is 12.0. The molecule has 1 heterocycles. The van der Waals surface area contributed by atoms with Gasteiger partial charge in [0, 0.05) is 12.1 Å². The lowest BCUT2D eigenvalue weighted by Gasteiger charge is -2.10. The molecule has 4 heteroatoms. The molecule has 2 aromatic rings. The zero-order chi connectivity index (χ0) is 15.9. The van der Waals surface area contributed by atoms with Crippen molar-refractivity contribution in [1.29, 1.82) is 0 Å². The maximum atomic E-state index is 12.0. The Hall–Kier alpha value is -1.81. The minimum absolute atomic E-state index is 0.0109. The largest absolute Gasteiger partial charge is 0.488 e. The summed E-state index contributed by atoms with van der Waals surface area (Å²) in [6.07, 6.45) is 2.10. The molecule has 3 nitrogen and oxygen atoms in total. The first-order chi connectivity index (χ1) is 10.6. The molecule has 1 aromatic carbocycles. The summed E-state index contributed by atoms with van der Waals surface area (Å²) in [6, 6.07) is 8.03. The molecule has 0 radical (unpaired) electrons. The predicted molar refractivity (Wildman–Crippen MR) is 91.8 cm³/mol. The van der Waals surface area contributed by atoms with Gasteiger partial charge in [-0.2, -0.15) is 0 Å². The van der Waals surface area contributed by atoms with E-state index in [1.807, 2.05) is 43.5 Å². The van der Waals surface area contributed by atoms with E-state index >= 15 is 0 Å². The Labute approximate surface area is 136 Å². The molecule has 0 unspecified atom stereocenters. The number of ether oxygens (including phenoxy) is 1. The number of nitrogens with one attached hydrogen (secondary N) is 1. The van der Waals surface area contributed by atoms with Crippen LogP contribution in [-0.2, 0) is 6.61 Å². The first-order valence-electron chi connectivity index (χ1n) is 7.66. The van der Waals surface area contributed by atoms with Crippen molar-refractivity contribution in [2.45, 2.75) is 40.2 Å². The van der Waals surface area contributed by atoms with E-state index in [9.17, 15) is 4.79 Å². The number of carbonyl (C=O) groups excluding carboxylic acids is 1. The van der Waals surface area contributed by atoms with Crippen LogP contribution in [0.4, 0.5) is 0 Å². The van der Waals surface area contributed by atoms with Gasteiger partial charge in [-0.1, -0.05) is 31.5 Å². The average Bonchev–Trinajstić information content (AvgIpc) is 2.96. The highest BCUT2D eigenvalue weighted by atomic mass is 32.1. The fourth-order valence-electron chi connectivity index (χ4n) is 2.22. The predicted octanol–water partition coefficient (Wildman–Crippen LogP) is 4.47. The second kappa shape index (κ2) is 7.99. The fourth-order valence-corrected chi connectivity index (χ4v) is 3.03. The average molecular weight is 317 g/mol. The van der Waals surface area contributed by atoms with Crippen LogP contribution in [0, 0.1) is 13.8 Å². The number of amides is 1. The molecule has 0 fully saturated rings. The van der Waals surface area contributed by atoms with Gasteiger partial charge in [0.15, 0.2) is 0 Å². The molecule has 0 aliphatic heterocycles. The first kappa shape index (κ1) is 16.6. The molecule has 1 aromatic heterocycles. The molecule has 0 atom stereocenters. The topological polar surface area (TPSA) is 38.3 Å². The molecular formula is C18H23NO2S. The Morgan fingerprint density at radius 1 is 1.27 bits per heavy atom. The molecule has 1 amide bonds. The van der Waals surface area contributed by atoms with Crippen LogP contribution in [0.25, 0.3) is 0 Å². The second-order valence-electron chi connectivity index (χ2n) is 5.44. The van der Waals surface area contributed by atoms with Crippen LogP contribution in [0.2, 0.25) is 0 Å². The summed E-state index contributed by atoms with van der Waals surface area (Å²) in [5.41, 5.74) is 3.30. The van der Waals surface area contributed by atoms with Gasteiger partial charge in [-0.3, -0.25) is 4.79 Å². The number of carbonyl (C=O) groups is 1. The van der Waals surface area contributed by atoms with Gasteiger partial charge in [0.1, 0.15) is 12.4 Å². The Kier molecular flexibility index (Phi) is 6.01.